The zero-order valence-corrected chi connectivity index (χ0v) is 13.2. The lowest BCUT2D eigenvalue weighted by Gasteiger charge is -2.28. The number of amides is 1. The molecule has 0 unspecified atom stereocenters. The van der Waals surface area contributed by atoms with Crippen molar-refractivity contribution in [1.29, 1.82) is 0 Å². The van der Waals surface area contributed by atoms with Gasteiger partial charge in [0.15, 0.2) is 0 Å². The number of aromatic nitrogens is 4. The van der Waals surface area contributed by atoms with E-state index in [4.69, 9.17) is 4.74 Å². The summed E-state index contributed by atoms with van der Waals surface area (Å²) in [7, 11) is 0. The normalized spacial score (nSPS) is 21.1. The van der Waals surface area contributed by atoms with Crippen molar-refractivity contribution in [3.8, 4) is 5.95 Å². The molecule has 1 fully saturated rings. The van der Waals surface area contributed by atoms with Crippen LogP contribution in [-0.2, 0) is 4.74 Å². The molecule has 1 aliphatic rings. The van der Waals surface area contributed by atoms with Crippen molar-refractivity contribution in [3.63, 3.8) is 0 Å². The molecule has 0 bridgehead atoms. The highest BCUT2D eigenvalue weighted by Crippen LogP contribution is 2.21. The molecule has 2 heterocycles. The van der Waals surface area contributed by atoms with Crippen molar-refractivity contribution in [2.24, 2.45) is 0 Å². The third kappa shape index (κ3) is 3.92. The lowest BCUT2D eigenvalue weighted by Crippen LogP contribution is -2.39. The van der Waals surface area contributed by atoms with E-state index in [-0.39, 0.29) is 11.9 Å². The van der Waals surface area contributed by atoms with E-state index in [1.165, 1.54) is 0 Å². The average Bonchev–Trinajstić information content (AvgIpc) is 3.12. The summed E-state index contributed by atoms with van der Waals surface area (Å²) in [6.07, 6.45) is 10.8. The van der Waals surface area contributed by atoms with Gasteiger partial charge in [-0.2, -0.15) is 0 Å². The van der Waals surface area contributed by atoms with Crippen LogP contribution in [0.15, 0.2) is 31.0 Å². The highest BCUT2D eigenvalue weighted by atomic mass is 16.5. The fourth-order valence-electron chi connectivity index (χ4n) is 2.85. The van der Waals surface area contributed by atoms with E-state index >= 15 is 0 Å². The van der Waals surface area contributed by atoms with Crippen molar-refractivity contribution in [2.75, 3.05) is 6.61 Å². The molecular weight excluding hydrogens is 294 g/mol. The second-order valence-electron chi connectivity index (χ2n) is 5.61. The second-order valence-corrected chi connectivity index (χ2v) is 5.61. The van der Waals surface area contributed by atoms with Crippen molar-refractivity contribution in [2.45, 2.75) is 44.8 Å². The fourth-order valence-corrected chi connectivity index (χ4v) is 2.85. The molecular formula is C16H21N5O2. The molecule has 0 aliphatic heterocycles. The van der Waals surface area contributed by atoms with Gasteiger partial charge >= 0.3 is 0 Å². The van der Waals surface area contributed by atoms with Crippen LogP contribution in [0.4, 0.5) is 0 Å². The quantitative estimate of drug-likeness (QED) is 0.909. The Morgan fingerprint density at radius 3 is 2.87 bits per heavy atom. The van der Waals surface area contributed by atoms with E-state index in [2.05, 4.69) is 20.3 Å². The minimum absolute atomic E-state index is 0.159. The molecule has 1 N–H and O–H groups in total. The molecule has 7 nitrogen and oxygen atoms in total. The zero-order valence-electron chi connectivity index (χ0n) is 13.2. The van der Waals surface area contributed by atoms with E-state index in [0.717, 1.165) is 32.3 Å². The van der Waals surface area contributed by atoms with Crippen LogP contribution in [0.5, 0.6) is 0 Å². The van der Waals surface area contributed by atoms with Crippen LogP contribution >= 0.6 is 0 Å². The minimum atomic E-state index is -0.159. The third-order valence-electron chi connectivity index (χ3n) is 4.02. The van der Waals surface area contributed by atoms with Gasteiger partial charge in [-0.15, -0.1) is 0 Å². The number of nitrogens with one attached hydrogen (secondary N) is 1. The number of nitrogens with zero attached hydrogens (tertiary/aromatic N) is 4. The van der Waals surface area contributed by atoms with Gasteiger partial charge in [0.05, 0.1) is 6.10 Å². The molecule has 1 aliphatic carbocycles. The summed E-state index contributed by atoms with van der Waals surface area (Å²) in [6, 6.07) is 1.81. The predicted octanol–water partition coefficient (Wildman–Crippen LogP) is 1.74. The summed E-state index contributed by atoms with van der Waals surface area (Å²) in [5, 5.41) is 3.06. The Bertz CT molecular complexity index is 636. The van der Waals surface area contributed by atoms with Gasteiger partial charge in [0, 0.05) is 31.2 Å². The number of ether oxygens (including phenoxy) is 1. The van der Waals surface area contributed by atoms with Crippen molar-refractivity contribution in [3.05, 3.63) is 36.7 Å². The fraction of sp³-hybridized carbons (Fsp3) is 0.500. The highest BCUT2D eigenvalue weighted by Gasteiger charge is 2.23. The number of carbonyl (C=O) groups excluding carboxylic acids is 1. The van der Waals surface area contributed by atoms with Gasteiger partial charge in [0.25, 0.3) is 5.91 Å². The topological polar surface area (TPSA) is 81.9 Å². The number of hydrogen-bond acceptors (Lipinski definition) is 5. The molecule has 0 radical (unpaired) electrons. The summed E-state index contributed by atoms with van der Waals surface area (Å²) in [4.78, 5) is 24.8. The average molecular weight is 315 g/mol. The smallest absolute Gasteiger partial charge is 0.270 e. The SMILES string of the molecule is CCOC1CCC(NC(=O)c2ccnc(-n3ccnc3)n2)CC1. The highest BCUT2D eigenvalue weighted by molar-refractivity contribution is 5.92. The first-order chi connectivity index (χ1) is 11.3. The summed E-state index contributed by atoms with van der Waals surface area (Å²) in [5.41, 5.74) is 0.371. The molecule has 7 heteroatoms. The van der Waals surface area contributed by atoms with Gasteiger partial charge in [0.1, 0.15) is 12.0 Å². The molecule has 0 atom stereocenters. The van der Waals surface area contributed by atoms with Crippen molar-refractivity contribution >= 4 is 5.91 Å². The van der Waals surface area contributed by atoms with Gasteiger partial charge in [0.2, 0.25) is 5.95 Å². The molecule has 2 aromatic rings. The molecule has 0 saturated heterocycles. The zero-order chi connectivity index (χ0) is 16.1. The summed E-state index contributed by atoms with van der Waals surface area (Å²) >= 11 is 0. The standard InChI is InChI=1S/C16H21N5O2/c1-2-23-13-5-3-12(4-6-13)19-15(22)14-7-8-18-16(20-14)21-10-9-17-11-21/h7-13H,2-6H2,1H3,(H,19,22). The minimum Gasteiger partial charge on any atom is -0.379 e. The van der Waals surface area contributed by atoms with Crippen molar-refractivity contribution in [1.82, 2.24) is 24.8 Å². The van der Waals surface area contributed by atoms with E-state index in [1.54, 1.807) is 35.6 Å². The molecule has 2 aromatic heterocycles. The van der Waals surface area contributed by atoms with Crippen molar-refractivity contribution < 1.29 is 9.53 Å². The summed E-state index contributed by atoms with van der Waals surface area (Å²) in [6.45, 7) is 2.76. The Labute approximate surface area is 135 Å². The molecule has 0 aromatic carbocycles. The number of hydrogen-bond donors (Lipinski definition) is 1. The molecule has 23 heavy (non-hydrogen) atoms. The maximum atomic E-state index is 12.4. The van der Waals surface area contributed by atoms with E-state index in [9.17, 15) is 4.79 Å². The summed E-state index contributed by atoms with van der Waals surface area (Å²) < 4.78 is 7.31. The van der Waals surface area contributed by atoms with Gasteiger partial charge in [-0.1, -0.05) is 0 Å². The van der Waals surface area contributed by atoms with Gasteiger partial charge in [-0.05, 0) is 38.7 Å². The number of imidazole rings is 1. The third-order valence-corrected chi connectivity index (χ3v) is 4.02. The number of rotatable bonds is 5. The molecule has 1 saturated carbocycles. The lowest BCUT2D eigenvalue weighted by atomic mass is 9.93. The van der Waals surface area contributed by atoms with Crippen LogP contribution in [-0.4, -0.2) is 44.2 Å². The lowest BCUT2D eigenvalue weighted by molar-refractivity contribution is 0.0300. The molecule has 122 valence electrons. The number of carbonyl (C=O) groups is 1. The van der Waals surface area contributed by atoms with Crippen LogP contribution < -0.4 is 5.32 Å². The second kappa shape index (κ2) is 7.32. The maximum Gasteiger partial charge on any atom is 0.270 e. The Morgan fingerprint density at radius 1 is 1.35 bits per heavy atom. The first-order valence-corrected chi connectivity index (χ1v) is 8.00. The van der Waals surface area contributed by atoms with Gasteiger partial charge in [-0.25, -0.2) is 15.0 Å². The van der Waals surface area contributed by atoms with Gasteiger partial charge in [-0.3, -0.25) is 9.36 Å². The van der Waals surface area contributed by atoms with E-state index in [0.29, 0.717) is 17.7 Å². The maximum absolute atomic E-state index is 12.4. The Hall–Kier alpha value is -2.28. The predicted molar refractivity (Wildman–Crippen MR) is 84.3 cm³/mol. The van der Waals surface area contributed by atoms with Crippen LogP contribution in [0.2, 0.25) is 0 Å². The van der Waals surface area contributed by atoms with E-state index < -0.39 is 0 Å². The Morgan fingerprint density at radius 2 is 2.17 bits per heavy atom. The van der Waals surface area contributed by atoms with E-state index in [1.807, 2.05) is 6.92 Å². The Kier molecular flexibility index (Phi) is 4.97. The van der Waals surface area contributed by atoms with Gasteiger partial charge < -0.3 is 10.1 Å². The van der Waals surface area contributed by atoms with Crippen LogP contribution in [0.3, 0.4) is 0 Å². The Balaban J connectivity index is 1.60. The monoisotopic (exact) mass is 315 g/mol. The van der Waals surface area contributed by atoms with Crippen LogP contribution in [0, 0.1) is 0 Å². The molecule has 3 rings (SSSR count). The first kappa shape index (κ1) is 15.6. The van der Waals surface area contributed by atoms with Crippen LogP contribution in [0.1, 0.15) is 43.1 Å². The molecule has 1 amide bonds. The van der Waals surface area contributed by atoms with Crippen LogP contribution in [0.25, 0.3) is 5.95 Å². The largest absolute Gasteiger partial charge is 0.379 e. The summed E-state index contributed by atoms with van der Waals surface area (Å²) in [5.74, 6) is 0.281. The molecule has 0 spiro atoms. The first-order valence-electron chi connectivity index (χ1n) is 8.00.